The molecule has 1 fully saturated rings. The van der Waals surface area contributed by atoms with Crippen LogP contribution in [0.5, 0.6) is 0 Å². The molecule has 0 amide bonds. The van der Waals surface area contributed by atoms with Gasteiger partial charge in [-0.15, -0.1) is 0 Å². The van der Waals surface area contributed by atoms with Gasteiger partial charge in [-0.2, -0.15) is 0 Å². The second-order valence-electron chi connectivity index (χ2n) is 4.66. The van der Waals surface area contributed by atoms with Gasteiger partial charge in [0.25, 0.3) is 0 Å². The van der Waals surface area contributed by atoms with Gasteiger partial charge >= 0.3 is 0 Å². The molecule has 0 bridgehead atoms. The van der Waals surface area contributed by atoms with Gasteiger partial charge in [-0.05, 0) is 25.3 Å². The van der Waals surface area contributed by atoms with E-state index >= 15 is 0 Å². The van der Waals surface area contributed by atoms with Crippen LogP contribution < -0.4 is 5.73 Å². The lowest BCUT2D eigenvalue weighted by atomic mass is 9.74. The second-order valence-corrected chi connectivity index (χ2v) is 4.66. The monoisotopic (exact) mass is 205 g/mol. The fourth-order valence-corrected chi connectivity index (χ4v) is 2.10. The molecule has 1 aliphatic heterocycles. The summed E-state index contributed by atoms with van der Waals surface area (Å²) in [5.74, 6) is 0. The highest BCUT2D eigenvalue weighted by atomic mass is 16.5. The molecule has 15 heavy (non-hydrogen) atoms. The van der Waals surface area contributed by atoms with Crippen molar-refractivity contribution in [2.45, 2.75) is 31.2 Å². The van der Waals surface area contributed by atoms with Gasteiger partial charge in [0.05, 0.1) is 13.2 Å². The summed E-state index contributed by atoms with van der Waals surface area (Å²) in [6.45, 7) is 3.77. The molecule has 1 unspecified atom stereocenters. The number of benzene rings is 1. The Morgan fingerprint density at radius 2 is 2.00 bits per heavy atom. The third-order valence-corrected chi connectivity index (χ3v) is 3.22. The van der Waals surface area contributed by atoms with Crippen molar-refractivity contribution >= 4 is 0 Å². The zero-order valence-corrected chi connectivity index (χ0v) is 9.28. The summed E-state index contributed by atoms with van der Waals surface area (Å²) in [7, 11) is 0. The molecule has 1 heterocycles. The number of hydrogen-bond donors (Lipinski definition) is 1. The standard InChI is InChI=1S/C13H19NO/c1-11(14)7-8-13(9-15-10-13)12-5-3-2-4-6-12/h2-6,11H,7-10,14H2,1H3. The average Bonchev–Trinajstić information content (AvgIpc) is 2.17. The van der Waals surface area contributed by atoms with Gasteiger partial charge in [0.1, 0.15) is 0 Å². The molecule has 0 saturated carbocycles. The van der Waals surface area contributed by atoms with Crippen LogP contribution >= 0.6 is 0 Å². The molecule has 0 radical (unpaired) electrons. The van der Waals surface area contributed by atoms with E-state index in [-0.39, 0.29) is 11.5 Å². The van der Waals surface area contributed by atoms with Crippen LogP contribution in [-0.4, -0.2) is 19.3 Å². The second kappa shape index (κ2) is 4.33. The van der Waals surface area contributed by atoms with Crippen LogP contribution in [0.2, 0.25) is 0 Å². The van der Waals surface area contributed by atoms with Crippen molar-refractivity contribution in [3.05, 3.63) is 35.9 Å². The maximum absolute atomic E-state index is 5.82. The highest BCUT2D eigenvalue weighted by Crippen LogP contribution is 2.36. The molecule has 1 aromatic carbocycles. The Morgan fingerprint density at radius 3 is 2.47 bits per heavy atom. The predicted molar refractivity (Wildman–Crippen MR) is 61.8 cm³/mol. The minimum atomic E-state index is 0.245. The summed E-state index contributed by atoms with van der Waals surface area (Å²) in [4.78, 5) is 0. The molecule has 2 heteroatoms. The van der Waals surface area contributed by atoms with E-state index in [1.165, 1.54) is 5.56 Å². The van der Waals surface area contributed by atoms with Crippen molar-refractivity contribution in [1.29, 1.82) is 0 Å². The van der Waals surface area contributed by atoms with Crippen LogP contribution in [0.15, 0.2) is 30.3 Å². The Balaban J connectivity index is 2.08. The fourth-order valence-electron chi connectivity index (χ4n) is 2.10. The van der Waals surface area contributed by atoms with E-state index < -0.39 is 0 Å². The first-order valence-electron chi connectivity index (χ1n) is 5.62. The Morgan fingerprint density at radius 1 is 1.33 bits per heavy atom. The zero-order chi connectivity index (χ0) is 10.7. The minimum absolute atomic E-state index is 0.245. The van der Waals surface area contributed by atoms with Crippen molar-refractivity contribution in [2.75, 3.05) is 13.2 Å². The van der Waals surface area contributed by atoms with E-state index in [4.69, 9.17) is 10.5 Å². The normalized spacial score (nSPS) is 20.7. The maximum atomic E-state index is 5.82. The van der Waals surface area contributed by atoms with E-state index in [9.17, 15) is 0 Å². The van der Waals surface area contributed by atoms with Crippen LogP contribution in [0.4, 0.5) is 0 Å². The SMILES string of the molecule is CC(N)CCC1(c2ccccc2)COC1. The molecule has 82 valence electrons. The largest absolute Gasteiger partial charge is 0.379 e. The zero-order valence-electron chi connectivity index (χ0n) is 9.28. The molecule has 1 aliphatic rings. The van der Waals surface area contributed by atoms with Crippen molar-refractivity contribution in [1.82, 2.24) is 0 Å². The first-order chi connectivity index (χ1) is 7.23. The predicted octanol–water partition coefficient (Wildman–Crippen LogP) is 2.08. The van der Waals surface area contributed by atoms with Gasteiger partial charge in [-0.3, -0.25) is 0 Å². The van der Waals surface area contributed by atoms with E-state index in [0.29, 0.717) is 0 Å². The van der Waals surface area contributed by atoms with E-state index in [1.54, 1.807) is 0 Å². The molecule has 1 saturated heterocycles. The van der Waals surface area contributed by atoms with Crippen molar-refractivity contribution in [3.8, 4) is 0 Å². The van der Waals surface area contributed by atoms with Gasteiger partial charge in [0, 0.05) is 11.5 Å². The first-order valence-corrected chi connectivity index (χ1v) is 5.62. The Labute approximate surface area is 91.4 Å². The van der Waals surface area contributed by atoms with Crippen molar-refractivity contribution in [2.24, 2.45) is 5.73 Å². The molecule has 0 aromatic heterocycles. The van der Waals surface area contributed by atoms with Crippen LogP contribution in [0, 0.1) is 0 Å². The highest BCUT2D eigenvalue weighted by Gasteiger charge is 2.39. The van der Waals surface area contributed by atoms with Crippen LogP contribution in [-0.2, 0) is 10.2 Å². The Bertz CT molecular complexity index is 304. The summed E-state index contributed by atoms with van der Waals surface area (Å²) in [5.41, 5.74) is 7.46. The van der Waals surface area contributed by atoms with Crippen LogP contribution in [0.1, 0.15) is 25.3 Å². The number of rotatable bonds is 4. The fraction of sp³-hybridized carbons (Fsp3) is 0.538. The molecule has 0 aliphatic carbocycles. The van der Waals surface area contributed by atoms with Gasteiger partial charge in [-0.25, -0.2) is 0 Å². The van der Waals surface area contributed by atoms with Crippen molar-refractivity contribution < 1.29 is 4.74 Å². The first kappa shape index (κ1) is 10.7. The molecule has 1 atom stereocenters. The third-order valence-electron chi connectivity index (χ3n) is 3.22. The summed E-state index contributed by atoms with van der Waals surface area (Å²) in [6.07, 6.45) is 2.20. The molecule has 2 N–H and O–H groups in total. The quantitative estimate of drug-likeness (QED) is 0.816. The summed E-state index contributed by atoms with van der Waals surface area (Å²) >= 11 is 0. The van der Waals surface area contributed by atoms with Gasteiger partial charge in [0.2, 0.25) is 0 Å². The molecular weight excluding hydrogens is 186 g/mol. The average molecular weight is 205 g/mol. The number of ether oxygens (including phenoxy) is 1. The Kier molecular flexibility index (Phi) is 3.08. The van der Waals surface area contributed by atoms with E-state index in [0.717, 1.165) is 26.1 Å². The van der Waals surface area contributed by atoms with Crippen LogP contribution in [0.25, 0.3) is 0 Å². The molecule has 2 nitrogen and oxygen atoms in total. The van der Waals surface area contributed by atoms with E-state index in [1.807, 2.05) is 0 Å². The lowest BCUT2D eigenvalue weighted by Crippen LogP contribution is -2.47. The van der Waals surface area contributed by atoms with Gasteiger partial charge < -0.3 is 10.5 Å². The summed E-state index contributed by atoms with van der Waals surface area (Å²) < 4.78 is 5.38. The van der Waals surface area contributed by atoms with Crippen molar-refractivity contribution in [3.63, 3.8) is 0 Å². The Hall–Kier alpha value is -0.860. The smallest absolute Gasteiger partial charge is 0.0585 e. The number of hydrogen-bond acceptors (Lipinski definition) is 2. The van der Waals surface area contributed by atoms with E-state index in [2.05, 4.69) is 37.3 Å². The summed E-state index contributed by atoms with van der Waals surface area (Å²) in [5, 5.41) is 0. The summed E-state index contributed by atoms with van der Waals surface area (Å²) in [6, 6.07) is 10.9. The lowest BCUT2D eigenvalue weighted by molar-refractivity contribution is -0.0656. The molecular formula is C13H19NO. The number of nitrogens with two attached hydrogens (primary N) is 1. The molecule has 0 spiro atoms. The van der Waals surface area contributed by atoms with Gasteiger partial charge in [0.15, 0.2) is 0 Å². The maximum Gasteiger partial charge on any atom is 0.0585 e. The lowest BCUT2D eigenvalue weighted by Gasteiger charge is -2.42. The molecule has 2 rings (SSSR count). The molecule has 1 aromatic rings. The topological polar surface area (TPSA) is 35.2 Å². The van der Waals surface area contributed by atoms with Crippen LogP contribution in [0.3, 0.4) is 0 Å². The third kappa shape index (κ3) is 2.21. The minimum Gasteiger partial charge on any atom is -0.379 e. The highest BCUT2D eigenvalue weighted by molar-refractivity contribution is 5.27. The van der Waals surface area contributed by atoms with Gasteiger partial charge in [-0.1, -0.05) is 30.3 Å².